The van der Waals surface area contributed by atoms with E-state index in [4.69, 9.17) is 9.72 Å². The number of hydrogen-bond acceptors (Lipinski definition) is 7. The molecule has 1 aliphatic carbocycles. The van der Waals surface area contributed by atoms with Crippen LogP contribution in [0.2, 0.25) is 0 Å². The molecule has 0 bridgehead atoms. The fraction of sp³-hybridized carbons (Fsp3) is 0.409. The van der Waals surface area contributed by atoms with Crippen LogP contribution in [0.4, 0.5) is 5.95 Å². The minimum absolute atomic E-state index is 0.0169. The third kappa shape index (κ3) is 4.56. The van der Waals surface area contributed by atoms with Crippen LogP contribution in [0.15, 0.2) is 36.7 Å². The van der Waals surface area contributed by atoms with Gasteiger partial charge in [-0.1, -0.05) is 24.3 Å². The number of carbonyl (C=O) groups excluding carboxylic acids is 1. The number of nitrogens with one attached hydrogen (secondary N) is 2. The molecule has 0 spiro atoms. The third-order valence-corrected chi connectivity index (χ3v) is 5.86. The summed E-state index contributed by atoms with van der Waals surface area (Å²) < 4.78 is 5.52. The lowest BCUT2D eigenvalue weighted by Crippen LogP contribution is -2.39. The van der Waals surface area contributed by atoms with E-state index in [1.165, 1.54) is 11.1 Å². The Balaban J connectivity index is 1.12. The quantitative estimate of drug-likeness (QED) is 0.556. The summed E-state index contributed by atoms with van der Waals surface area (Å²) >= 11 is 0. The number of carbonyl (C=O) groups is 1. The van der Waals surface area contributed by atoms with Crippen LogP contribution in [-0.2, 0) is 41.8 Å². The minimum Gasteiger partial charge on any atom is -0.371 e. The molecule has 1 amide bonds. The molecule has 160 valence electrons. The van der Waals surface area contributed by atoms with E-state index < -0.39 is 0 Å². The number of aromatic nitrogens is 5. The first-order valence-electron chi connectivity index (χ1n) is 10.6. The summed E-state index contributed by atoms with van der Waals surface area (Å²) in [6, 6.07) is 8.88. The van der Waals surface area contributed by atoms with E-state index in [0.717, 1.165) is 36.2 Å². The minimum atomic E-state index is -0.0169. The summed E-state index contributed by atoms with van der Waals surface area (Å²) in [5.41, 5.74) is 5.64. The fourth-order valence-corrected chi connectivity index (χ4v) is 4.22. The molecule has 1 aliphatic heterocycles. The molecule has 3 aromatic rings. The van der Waals surface area contributed by atoms with Crippen molar-refractivity contribution in [1.29, 1.82) is 0 Å². The molecule has 3 heterocycles. The molecule has 0 fully saturated rings. The number of hydrogen-bond donors (Lipinski definition) is 2. The molecule has 9 nitrogen and oxygen atoms in total. The molecule has 2 N–H and O–H groups in total. The van der Waals surface area contributed by atoms with E-state index in [0.29, 0.717) is 38.1 Å². The molecular formula is C22H25N7O2. The SMILES string of the molecule is O=C(COCCc1cn[nH]n1)N1CCc2nc(NC3Cc4ccccc4C3)ncc2C1. The van der Waals surface area contributed by atoms with E-state index in [1.807, 2.05) is 11.1 Å². The number of anilines is 1. The maximum Gasteiger partial charge on any atom is 0.248 e. The van der Waals surface area contributed by atoms with E-state index >= 15 is 0 Å². The number of fused-ring (bicyclic) bond motifs is 2. The molecule has 31 heavy (non-hydrogen) atoms. The van der Waals surface area contributed by atoms with Crippen molar-refractivity contribution in [2.24, 2.45) is 0 Å². The molecule has 0 unspecified atom stereocenters. The number of amides is 1. The van der Waals surface area contributed by atoms with Crippen molar-refractivity contribution in [3.63, 3.8) is 0 Å². The number of ether oxygens (including phenoxy) is 1. The lowest BCUT2D eigenvalue weighted by Gasteiger charge is -2.28. The van der Waals surface area contributed by atoms with E-state index in [2.05, 4.69) is 50.0 Å². The van der Waals surface area contributed by atoms with Crippen LogP contribution in [0, 0.1) is 0 Å². The second-order valence-electron chi connectivity index (χ2n) is 8.01. The largest absolute Gasteiger partial charge is 0.371 e. The molecule has 0 saturated carbocycles. The molecule has 0 atom stereocenters. The zero-order chi connectivity index (χ0) is 21.0. The Morgan fingerprint density at radius 3 is 2.81 bits per heavy atom. The Morgan fingerprint density at radius 2 is 2.03 bits per heavy atom. The molecule has 2 aromatic heterocycles. The lowest BCUT2D eigenvalue weighted by molar-refractivity contribution is -0.137. The van der Waals surface area contributed by atoms with Gasteiger partial charge in [-0.25, -0.2) is 9.97 Å². The predicted molar refractivity (Wildman–Crippen MR) is 113 cm³/mol. The lowest BCUT2D eigenvalue weighted by atomic mass is 10.1. The Hall–Kier alpha value is -3.33. The average molecular weight is 419 g/mol. The van der Waals surface area contributed by atoms with Crippen molar-refractivity contribution in [3.05, 3.63) is 64.7 Å². The second kappa shape index (κ2) is 8.81. The summed E-state index contributed by atoms with van der Waals surface area (Å²) in [5, 5.41) is 13.8. The van der Waals surface area contributed by atoms with Crippen molar-refractivity contribution < 1.29 is 9.53 Å². The van der Waals surface area contributed by atoms with Crippen LogP contribution in [-0.4, -0.2) is 62.0 Å². The maximum absolute atomic E-state index is 12.5. The van der Waals surface area contributed by atoms with Crippen LogP contribution in [0.5, 0.6) is 0 Å². The first kappa shape index (κ1) is 19.6. The van der Waals surface area contributed by atoms with Gasteiger partial charge >= 0.3 is 0 Å². The topological polar surface area (TPSA) is 109 Å². The highest BCUT2D eigenvalue weighted by atomic mass is 16.5. The predicted octanol–water partition coefficient (Wildman–Crippen LogP) is 1.32. The van der Waals surface area contributed by atoms with E-state index in [1.54, 1.807) is 6.20 Å². The average Bonchev–Trinajstić information content (AvgIpc) is 3.45. The molecule has 0 saturated heterocycles. The van der Waals surface area contributed by atoms with Crippen LogP contribution >= 0.6 is 0 Å². The molecule has 9 heteroatoms. The van der Waals surface area contributed by atoms with Crippen molar-refractivity contribution >= 4 is 11.9 Å². The van der Waals surface area contributed by atoms with Gasteiger partial charge in [-0.15, -0.1) is 0 Å². The summed E-state index contributed by atoms with van der Waals surface area (Å²) in [6.45, 7) is 1.67. The summed E-state index contributed by atoms with van der Waals surface area (Å²) in [4.78, 5) is 23.5. The van der Waals surface area contributed by atoms with Crippen molar-refractivity contribution in [2.75, 3.05) is 25.1 Å². The molecule has 1 aromatic carbocycles. The van der Waals surface area contributed by atoms with Gasteiger partial charge in [-0.2, -0.15) is 15.4 Å². The van der Waals surface area contributed by atoms with Gasteiger partial charge in [-0.3, -0.25) is 4.79 Å². The molecule has 0 radical (unpaired) electrons. The zero-order valence-corrected chi connectivity index (χ0v) is 17.3. The number of rotatable bonds is 7. The summed E-state index contributed by atoms with van der Waals surface area (Å²) in [6.07, 6.45) is 6.84. The third-order valence-electron chi connectivity index (χ3n) is 5.86. The van der Waals surface area contributed by atoms with Gasteiger partial charge in [0.25, 0.3) is 0 Å². The van der Waals surface area contributed by atoms with Crippen LogP contribution in [0.25, 0.3) is 0 Å². The normalized spacial score (nSPS) is 15.5. The Morgan fingerprint density at radius 1 is 1.19 bits per heavy atom. The number of aromatic amines is 1. The van der Waals surface area contributed by atoms with E-state index in [-0.39, 0.29) is 12.5 Å². The van der Waals surface area contributed by atoms with Gasteiger partial charge in [0.2, 0.25) is 11.9 Å². The van der Waals surface area contributed by atoms with Gasteiger partial charge in [0.15, 0.2) is 0 Å². The second-order valence-corrected chi connectivity index (χ2v) is 8.01. The molecule has 2 aliphatic rings. The first-order chi connectivity index (χ1) is 15.2. The first-order valence-corrected chi connectivity index (χ1v) is 10.6. The highest BCUT2D eigenvalue weighted by Gasteiger charge is 2.24. The smallest absolute Gasteiger partial charge is 0.248 e. The maximum atomic E-state index is 12.5. The van der Waals surface area contributed by atoms with Crippen LogP contribution < -0.4 is 5.32 Å². The van der Waals surface area contributed by atoms with Crippen LogP contribution in [0.3, 0.4) is 0 Å². The van der Waals surface area contributed by atoms with Gasteiger partial charge in [0.05, 0.1) is 24.2 Å². The molecular weight excluding hydrogens is 394 g/mol. The van der Waals surface area contributed by atoms with Crippen molar-refractivity contribution in [2.45, 2.75) is 38.3 Å². The summed E-state index contributed by atoms with van der Waals surface area (Å²) in [5.74, 6) is 0.657. The van der Waals surface area contributed by atoms with Gasteiger partial charge in [0.1, 0.15) is 6.61 Å². The van der Waals surface area contributed by atoms with Gasteiger partial charge in [0, 0.05) is 43.7 Å². The highest BCUT2D eigenvalue weighted by molar-refractivity contribution is 5.77. The Kier molecular flexibility index (Phi) is 5.57. The fourth-order valence-electron chi connectivity index (χ4n) is 4.22. The van der Waals surface area contributed by atoms with Crippen molar-refractivity contribution in [3.8, 4) is 0 Å². The van der Waals surface area contributed by atoms with Crippen LogP contribution in [0.1, 0.15) is 28.1 Å². The highest BCUT2D eigenvalue weighted by Crippen LogP contribution is 2.24. The number of benzene rings is 1. The Bertz CT molecular complexity index is 1030. The molecule has 5 rings (SSSR count). The summed E-state index contributed by atoms with van der Waals surface area (Å²) in [7, 11) is 0. The van der Waals surface area contributed by atoms with E-state index in [9.17, 15) is 4.79 Å². The number of nitrogens with zero attached hydrogens (tertiary/aromatic N) is 5. The monoisotopic (exact) mass is 419 g/mol. The number of H-pyrrole nitrogens is 1. The van der Waals surface area contributed by atoms with Gasteiger partial charge in [-0.05, 0) is 24.0 Å². The zero-order valence-electron chi connectivity index (χ0n) is 17.3. The Labute approximate surface area is 180 Å². The van der Waals surface area contributed by atoms with Crippen molar-refractivity contribution in [1.82, 2.24) is 30.3 Å². The van der Waals surface area contributed by atoms with Gasteiger partial charge < -0.3 is 15.0 Å². The standard InChI is InChI=1S/C22H25N7O2/c30-21(14-31-8-6-18-12-24-28-27-18)29-7-5-20-17(13-29)11-23-22(26-20)25-19-9-15-3-1-2-4-16(15)10-19/h1-4,11-12,19H,5-10,13-14H2,(H,23,25,26)(H,24,27,28).